The molecule has 7 heteroatoms. The minimum Gasteiger partial charge on any atom is -0.497 e. The van der Waals surface area contributed by atoms with Crippen molar-refractivity contribution in [2.45, 2.75) is 24.7 Å². The number of nitrogens with one attached hydrogen (secondary N) is 2. The normalized spacial score (nSPS) is 11.1. The highest BCUT2D eigenvalue weighted by Crippen LogP contribution is 2.18. The Kier molecular flexibility index (Phi) is 6.55. The van der Waals surface area contributed by atoms with Gasteiger partial charge in [0.05, 0.1) is 12.0 Å². The van der Waals surface area contributed by atoms with Gasteiger partial charge in [-0.3, -0.25) is 4.79 Å². The summed E-state index contributed by atoms with van der Waals surface area (Å²) in [5.74, 6) is 0.313. The molecule has 0 unspecified atom stereocenters. The third-order valence-corrected chi connectivity index (χ3v) is 5.05. The van der Waals surface area contributed by atoms with Crippen molar-refractivity contribution < 1.29 is 17.9 Å². The molecule has 2 N–H and O–H groups in total. The van der Waals surface area contributed by atoms with Crippen LogP contribution in [0, 0.1) is 0 Å². The number of ether oxygens (including phenoxy) is 1. The molecule has 0 radical (unpaired) electrons. The van der Waals surface area contributed by atoms with Crippen LogP contribution in [0.1, 0.15) is 30.1 Å². The van der Waals surface area contributed by atoms with Crippen LogP contribution in [0.4, 0.5) is 5.69 Å². The topological polar surface area (TPSA) is 84.5 Å². The predicted molar refractivity (Wildman–Crippen MR) is 97.5 cm³/mol. The third-order valence-electron chi connectivity index (χ3n) is 3.58. The smallest absolute Gasteiger partial charge is 0.255 e. The first kappa shape index (κ1) is 19.0. The molecule has 2 aromatic carbocycles. The summed E-state index contributed by atoms with van der Waals surface area (Å²) < 4.78 is 31.9. The Morgan fingerprint density at radius 3 is 2.48 bits per heavy atom. The summed E-state index contributed by atoms with van der Waals surface area (Å²) in [5.41, 5.74) is 0.970. The molecule has 0 aromatic heterocycles. The molecule has 0 fully saturated rings. The molecule has 0 spiro atoms. The average molecular weight is 362 g/mol. The Hall–Kier alpha value is -2.38. The van der Waals surface area contributed by atoms with E-state index in [1.165, 1.54) is 24.3 Å². The lowest BCUT2D eigenvalue weighted by Crippen LogP contribution is -2.24. The maximum atomic E-state index is 12.3. The summed E-state index contributed by atoms with van der Waals surface area (Å²) in [4.78, 5) is 12.4. The van der Waals surface area contributed by atoms with Gasteiger partial charge in [-0.2, -0.15) is 0 Å². The van der Waals surface area contributed by atoms with Crippen LogP contribution in [-0.4, -0.2) is 28.0 Å². The number of hydrogen-bond acceptors (Lipinski definition) is 4. The Balaban J connectivity index is 2.07. The zero-order chi connectivity index (χ0) is 18.3. The molecule has 0 atom stereocenters. The van der Waals surface area contributed by atoms with Gasteiger partial charge in [0.1, 0.15) is 5.75 Å². The number of anilines is 1. The summed E-state index contributed by atoms with van der Waals surface area (Å²) in [6.45, 7) is 2.39. The lowest BCUT2D eigenvalue weighted by atomic mass is 10.2. The minimum atomic E-state index is -3.54. The van der Waals surface area contributed by atoms with E-state index in [4.69, 9.17) is 4.74 Å². The van der Waals surface area contributed by atoms with Gasteiger partial charge in [0.15, 0.2) is 0 Å². The molecular formula is C18H22N2O4S. The van der Waals surface area contributed by atoms with E-state index >= 15 is 0 Å². The van der Waals surface area contributed by atoms with Gasteiger partial charge in [-0.25, -0.2) is 13.1 Å². The van der Waals surface area contributed by atoms with Crippen molar-refractivity contribution in [2.75, 3.05) is 19.0 Å². The molecule has 25 heavy (non-hydrogen) atoms. The highest BCUT2D eigenvalue weighted by Gasteiger charge is 2.14. The van der Waals surface area contributed by atoms with E-state index < -0.39 is 10.0 Å². The van der Waals surface area contributed by atoms with E-state index in [1.807, 2.05) is 6.92 Å². The minimum absolute atomic E-state index is 0.140. The van der Waals surface area contributed by atoms with Gasteiger partial charge in [-0.15, -0.1) is 0 Å². The van der Waals surface area contributed by atoms with Crippen molar-refractivity contribution in [3.63, 3.8) is 0 Å². The Bertz CT molecular complexity index is 817. The first-order valence-corrected chi connectivity index (χ1v) is 9.49. The molecule has 0 aliphatic rings. The highest BCUT2D eigenvalue weighted by atomic mass is 32.2. The largest absolute Gasteiger partial charge is 0.497 e. The lowest BCUT2D eigenvalue weighted by Gasteiger charge is -2.09. The lowest BCUT2D eigenvalue weighted by molar-refractivity contribution is 0.102. The van der Waals surface area contributed by atoms with E-state index in [9.17, 15) is 13.2 Å². The molecule has 0 saturated heterocycles. The molecule has 6 nitrogen and oxygen atoms in total. The first-order valence-electron chi connectivity index (χ1n) is 8.01. The summed E-state index contributed by atoms with van der Waals surface area (Å²) in [7, 11) is -1.99. The van der Waals surface area contributed by atoms with Gasteiger partial charge < -0.3 is 10.1 Å². The number of sulfonamides is 1. The molecule has 0 heterocycles. The fourth-order valence-electron chi connectivity index (χ4n) is 2.16. The van der Waals surface area contributed by atoms with Crippen molar-refractivity contribution in [1.82, 2.24) is 4.72 Å². The molecule has 2 aromatic rings. The van der Waals surface area contributed by atoms with Crippen molar-refractivity contribution in [3.05, 3.63) is 54.1 Å². The monoisotopic (exact) mass is 362 g/mol. The summed E-state index contributed by atoms with van der Waals surface area (Å²) in [6.07, 6.45) is 1.69. The van der Waals surface area contributed by atoms with Crippen LogP contribution >= 0.6 is 0 Å². The number of carbonyl (C=O) groups excluding carboxylic acids is 1. The standard InChI is InChI=1S/C18H22N2O4S/c1-3-4-12-19-25(22,23)17-10-8-14(9-11-17)18(21)20-15-6-5-7-16(13-15)24-2/h5-11,13,19H,3-4,12H2,1-2H3,(H,20,21). The van der Waals surface area contributed by atoms with E-state index in [2.05, 4.69) is 10.0 Å². The number of benzene rings is 2. The molecule has 1 amide bonds. The summed E-state index contributed by atoms with van der Waals surface area (Å²) in [6, 6.07) is 12.8. The van der Waals surface area contributed by atoms with Crippen LogP contribution < -0.4 is 14.8 Å². The highest BCUT2D eigenvalue weighted by molar-refractivity contribution is 7.89. The fraction of sp³-hybridized carbons (Fsp3) is 0.278. The van der Waals surface area contributed by atoms with E-state index in [0.29, 0.717) is 23.5 Å². The second-order valence-electron chi connectivity index (χ2n) is 5.46. The second-order valence-corrected chi connectivity index (χ2v) is 7.23. The zero-order valence-corrected chi connectivity index (χ0v) is 15.1. The number of hydrogen-bond donors (Lipinski definition) is 2. The van der Waals surface area contributed by atoms with Gasteiger partial charge in [0.2, 0.25) is 10.0 Å². The maximum absolute atomic E-state index is 12.3. The number of methoxy groups -OCH3 is 1. The van der Waals surface area contributed by atoms with Crippen molar-refractivity contribution in [3.8, 4) is 5.75 Å². The van der Waals surface area contributed by atoms with Crippen LogP contribution in [-0.2, 0) is 10.0 Å². The van der Waals surface area contributed by atoms with Crippen LogP contribution in [0.15, 0.2) is 53.4 Å². The summed E-state index contributed by atoms with van der Waals surface area (Å²) >= 11 is 0. The Morgan fingerprint density at radius 2 is 1.84 bits per heavy atom. The number of rotatable bonds is 8. The molecule has 2 rings (SSSR count). The number of amides is 1. The van der Waals surface area contributed by atoms with E-state index in [1.54, 1.807) is 31.4 Å². The predicted octanol–water partition coefficient (Wildman–Crippen LogP) is 3.03. The van der Waals surface area contributed by atoms with Crippen molar-refractivity contribution >= 4 is 21.6 Å². The molecule has 134 valence electrons. The van der Waals surface area contributed by atoms with Gasteiger partial charge in [-0.1, -0.05) is 19.4 Å². The van der Waals surface area contributed by atoms with Crippen LogP contribution in [0.5, 0.6) is 5.75 Å². The average Bonchev–Trinajstić information content (AvgIpc) is 2.62. The second kappa shape index (κ2) is 8.64. The number of unbranched alkanes of at least 4 members (excludes halogenated alkanes) is 1. The maximum Gasteiger partial charge on any atom is 0.255 e. The van der Waals surface area contributed by atoms with Gasteiger partial charge >= 0.3 is 0 Å². The van der Waals surface area contributed by atoms with Gasteiger partial charge in [0, 0.05) is 23.9 Å². The van der Waals surface area contributed by atoms with Crippen LogP contribution in [0.25, 0.3) is 0 Å². The molecule has 0 aliphatic heterocycles. The molecule has 0 saturated carbocycles. The fourth-order valence-corrected chi connectivity index (χ4v) is 3.23. The first-order chi connectivity index (χ1) is 12.0. The van der Waals surface area contributed by atoms with Crippen molar-refractivity contribution in [2.24, 2.45) is 0 Å². The van der Waals surface area contributed by atoms with Gasteiger partial charge in [-0.05, 0) is 42.8 Å². The Labute approximate surface area is 148 Å². The molecular weight excluding hydrogens is 340 g/mol. The summed E-state index contributed by atoms with van der Waals surface area (Å²) in [5, 5.41) is 2.75. The van der Waals surface area contributed by atoms with Crippen molar-refractivity contribution in [1.29, 1.82) is 0 Å². The Morgan fingerprint density at radius 1 is 1.12 bits per heavy atom. The SMILES string of the molecule is CCCCNS(=O)(=O)c1ccc(C(=O)Nc2cccc(OC)c2)cc1. The van der Waals surface area contributed by atoms with E-state index in [0.717, 1.165) is 12.8 Å². The third kappa shape index (κ3) is 5.30. The van der Waals surface area contributed by atoms with Gasteiger partial charge in [0.25, 0.3) is 5.91 Å². The number of carbonyl (C=O) groups is 1. The van der Waals surface area contributed by atoms with Crippen LogP contribution in [0.3, 0.4) is 0 Å². The molecule has 0 bridgehead atoms. The van der Waals surface area contributed by atoms with E-state index in [-0.39, 0.29) is 10.8 Å². The van der Waals surface area contributed by atoms with Crippen LogP contribution in [0.2, 0.25) is 0 Å². The zero-order valence-electron chi connectivity index (χ0n) is 14.3. The quantitative estimate of drug-likeness (QED) is 0.707. The molecule has 0 aliphatic carbocycles.